The average Bonchev–Trinajstić information content (AvgIpc) is 2.85. The summed E-state index contributed by atoms with van der Waals surface area (Å²) in [4.78, 5) is 2.03. The van der Waals surface area contributed by atoms with Crippen LogP contribution in [0.1, 0.15) is 17.0 Å². The maximum atomic E-state index is 13.2. The van der Waals surface area contributed by atoms with Crippen LogP contribution in [0.4, 0.5) is 19.0 Å². The van der Waals surface area contributed by atoms with Crippen LogP contribution in [0.3, 0.4) is 0 Å². The van der Waals surface area contributed by atoms with E-state index in [1.165, 1.54) is 18.3 Å². The van der Waals surface area contributed by atoms with Gasteiger partial charge >= 0.3 is 6.18 Å². The summed E-state index contributed by atoms with van der Waals surface area (Å²) in [6, 6.07) is 14.7. The van der Waals surface area contributed by atoms with Crippen LogP contribution >= 0.6 is 0 Å². The molecular weight excluding hydrogens is 447 g/mol. The Hall–Kier alpha value is -3.68. The van der Waals surface area contributed by atoms with Gasteiger partial charge in [0.05, 0.1) is 37.0 Å². The van der Waals surface area contributed by atoms with E-state index in [4.69, 9.17) is 15.2 Å². The molecule has 2 N–H and O–H groups in total. The number of aromatic nitrogens is 2. The molecule has 7 nitrogen and oxygen atoms in total. The second-order valence-corrected chi connectivity index (χ2v) is 7.73. The van der Waals surface area contributed by atoms with Crippen LogP contribution in [0.5, 0.6) is 11.5 Å². The third kappa shape index (κ3) is 5.27. The Kier molecular flexibility index (Phi) is 6.95. The van der Waals surface area contributed by atoms with Crippen LogP contribution in [-0.2, 0) is 4.74 Å². The highest BCUT2D eigenvalue weighted by Gasteiger charge is 2.39. The van der Waals surface area contributed by atoms with Gasteiger partial charge in [-0.2, -0.15) is 23.5 Å². The SMILES string of the molecule is N#Cc1ccc(-c2ccc(C(CN)C(F)(F)F)cc2)c(Oc2cnnc(N3CCOCC3)c2)c1. The van der Waals surface area contributed by atoms with Crippen LogP contribution in [0.2, 0.25) is 0 Å². The molecule has 0 bridgehead atoms. The first-order chi connectivity index (χ1) is 16.4. The minimum atomic E-state index is -4.43. The van der Waals surface area contributed by atoms with Gasteiger partial charge in [0.2, 0.25) is 0 Å². The summed E-state index contributed by atoms with van der Waals surface area (Å²) in [5.41, 5.74) is 7.08. The van der Waals surface area contributed by atoms with E-state index in [1.807, 2.05) is 4.90 Å². The highest BCUT2D eigenvalue weighted by atomic mass is 19.4. The van der Waals surface area contributed by atoms with Crippen molar-refractivity contribution in [3.8, 4) is 28.7 Å². The molecule has 0 saturated carbocycles. The number of alkyl halides is 3. The Morgan fingerprint density at radius 2 is 1.85 bits per heavy atom. The standard InChI is InChI=1S/C24H22F3N5O2/c25-24(26,27)21(14-29)18-4-2-17(3-5-18)20-6-1-16(13-28)11-22(20)34-19-12-23(31-30-15-19)32-7-9-33-10-8-32/h1-6,11-12,15,21H,7-10,14,29H2. The van der Waals surface area contributed by atoms with Gasteiger partial charge in [0, 0.05) is 31.3 Å². The van der Waals surface area contributed by atoms with Crippen LogP contribution in [-0.4, -0.2) is 49.2 Å². The Morgan fingerprint density at radius 1 is 1.12 bits per heavy atom. The lowest BCUT2D eigenvalue weighted by molar-refractivity contribution is -0.148. The summed E-state index contributed by atoms with van der Waals surface area (Å²) in [6.07, 6.45) is -2.96. The van der Waals surface area contributed by atoms with Crippen molar-refractivity contribution in [1.82, 2.24) is 10.2 Å². The number of morpholine rings is 1. The molecule has 2 aromatic carbocycles. The highest BCUT2D eigenvalue weighted by Crippen LogP contribution is 2.38. The normalized spacial score (nSPS) is 15.0. The minimum Gasteiger partial charge on any atom is -0.455 e. The lowest BCUT2D eigenvalue weighted by Crippen LogP contribution is -2.36. The summed E-state index contributed by atoms with van der Waals surface area (Å²) in [5.74, 6) is -0.300. The Bertz CT molecular complexity index is 1170. The monoisotopic (exact) mass is 469 g/mol. The molecule has 1 atom stereocenters. The van der Waals surface area contributed by atoms with Gasteiger partial charge < -0.3 is 20.1 Å². The molecule has 176 valence electrons. The summed E-state index contributed by atoms with van der Waals surface area (Å²) < 4.78 is 51.1. The summed E-state index contributed by atoms with van der Waals surface area (Å²) in [6.45, 7) is 2.02. The molecule has 1 saturated heterocycles. The van der Waals surface area contributed by atoms with Crippen LogP contribution in [0.25, 0.3) is 11.1 Å². The third-order valence-electron chi connectivity index (χ3n) is 5.55. The maximum absolute atomic E-state index is 13.2. The first-order valence-corrected chi connectivity index (χ1v) is 10.6. The maximum Gasteiger partial charge on any atom is 0.396 e. The number of rotatable bonds is 6. The second kappa shape index (κ2) is 10.1. The molecule has 34 heavy (non-hydrogen) atoms. The van der Waals surface area contributed by atoms with Gasteiger partial charge in [-0.1, -0.05) is 24.3 Å². The number of halogens is 3. The van der Waals surface area contributed by atoms with E-state index >= 15 is 0 Å². The molecule has 4 rings (SSSR count). The van der Waals surface area contributed by atoms with E-state index in [-0.39, 0.29) is 5.56 Å². The van der Waals surface area contributed by atoms with Gasteiger partial charge in [-0.05, 0) is 29.3 Å². The summed E-state index contributed by atoms with van der Waals surface area (Å²) in [7, 11) is 0. The zero-order valence-corrected chi connectivity index (χ0v) is 18.1. The van der Waals surface area contributed by atoms with Crippen LogP contribution in [0.15, 0.2) is 54.7 Å². The van der Waals surface area contributed by atoms with Crippen molar-refractivity contribution < 1.29 is 22.6 Å². The van der Waals surface area contributed by atoms with Crippen molar-refractivity contribution in [2.45, 2.75) is 12.1 Å². The third-order valence-corrected chi connectivity index (χ3v) is 5.55. The van der Waals surface area contributed by atoms with Gasteiger partial charge in [-0.25, -0.2) is 0 Å². The predicted molar refractivity (Wildman–Crippen MR) is 120 cm³/mol. The predicted octanol–water partition coefficient (Wildman–Crippen LogP) is 4.25. The number of nitrogens with two attached hydrogens (primary N) is 1. The smallest absolute Gasteiger partial charge is 0.396 e. The highest BCUT2D eigenvalue weighted by molar-refractivity contribution is 5.72. The molecule has 0 aliphatic carbocycles. The van der Waals surface area contributed by atoms with Gasteiger partial charge in [0.15, 0.2) is 11.6 Å². The number of benzene rings is 2. The Balaban J connectivity index is 1.64. The van der Waals surface area contributed by atoms with Crippen LogP contribution in [0, 0.1) is 11.3 Å². The first kappa shape index (κ1) is 23.5. The molecule has 1 unspecified atom stereocenters. The number of ether oxygens (including phenoxy) is 2. The van der Waals surface area contributed by atoms with Gasteiger partial charge in [-0.15, -0.1) is 5.10 Å². The van der Waals surface area contributed by atoms with Crippen molar-refractivity contribution in [1.29, 1.82) is 5.26 Å². The van der Waals surface area contributed by atoms with Crippen molar-refractivity contribution in [3.05, 3.63) is 65.9 Å². The van der Waals surface area contributed by atoms with Gasteiger partial charge in [0.1, 0.15) is 5.75 Å². The number of hydrogen-bond acceptors (Lipinski definition) is 7. The largest absolute Gasteiger partial charge is 0.455 e. The summed E-state index contributed by atoms with van der Waals surface area (Å²) >= 11 is 0. The van der Waals surface area contributed by atoms with Gasteiger partial charge in [0.25, 0.3) is 0 Å². The quantitative estimate of drug-likeness (QED) is 0.576. The number of nitrogens with zero attached hydrogens (tertiary/aromatic N) is 4. The molecule has 0 spiro atoms. The van der Waals surface area contributed by atoms with Crippen molar-refractivity contribution >= 4 is 5.82 Å². The van der Waals surface area contributed by atoms with E-state index in [0.29, 0.717) is 60.3 Å². The number of hydrogen-bond donors (Lipinski definition) is 1. The van der Waals surface area contributed by atoms with Crippen LogP contribution < -0.4 is 15.4 Å². The van der Waals surface area contributed by atoms with Crippen molar-refractivity contribution in [3.63, 3.8) is 0 Å². The van der Waals surface area contributed by atoms with Gasteiger partial charge in [-0.3, -0.25) is 0 Å². The van der Waals surface area contributed by atoms with Crippen molar-refractivity contribution in [2.24, 2.45) is 5.73 Å². The first-order valence-electron chi connectivity index (χ1n) is 10.6. The lowest BCUT2D eigenvalue weighted by atomic mass is 9.95. The Labute approximate surface area is 194 Å². The van der Waals surface area contributed by atoms with E-state index in [0.717, 1.165) is 0 Å². The molecule has 1 aliphatic heterocycles. The minimum absolute atomic E-state index is 0.0864. The molecule has 3 aromatic rings. The fourth-order valence-corrected chi connectivity index (χ4v) is 3.74. The average molecular weight is 469 g/mol. The van der Waals surface area contributed by atoms with E-state index < -0.39 is 18.6 Å². The summed E-state index contributed by atoms with van der Waals surface area (Å²) in [5, 5.41) is 17.5. The zero-order valence-electron chi connectivity index (χ0n) is 18.1. The number of nitriles is 1. The Morgan fingerprint density at radius 3 is 2.50 bits per heavy atom. The molecule has 1 fully saturated rings. The fraction of sp³-hybridized carbons (Fsp3) is 0.292. The van der Waals surface area contributed by atoms with Crippen molar-refractivity contribution in [2.75, 3.05) is 37.7 Å². The second-order valence-electron chi connectivity index (χ2n) is 7.73. The molecule has 0 radical (unpaired) electrons. The number of anilines is 1. The van der Waals surface area contributed by atoms with E-state index in [2.05, 4.69) is 16.3 Å². The van der Waals surface area contributed by atoms with E-state index in [1.54, 1.807) is 36.4 Å². The molecule has 1 aromatic heterocycles. The molecule has 10 heteroatoms. The van der Waals surface area contributed by atoms with E-state index in [9.17, 15) is 18.4 Å². The molecule has 1 aliphatic rings. The topological polar surface area (TPSA) is 97.3 Å². The zero-order chi connectivity index (χ0) is 24.1. The molecule has 0 amide bonds. The lowest BCUT2D eigenvalue weighted by Gasteiger charge is -2.27. The molecule has 2 heterocycles. The molecular formula is C24H22F3N5O2. The fourth-order valence-electron chi connectivity index (χ4n) is 3.74.